The Morgan fingerprint density at radius 2 is 1.65 bits per heavy atom. The zero-order chi connectivity index (χ0) is 26.4. The van der Waals surface area contributed by atoms with Gasteiger partial charge in [-0.2, -0.15) is 4.31 Å². The number of hydrogen-bond acceptors (Lipinski definition) is 7. The van der Waals surface area contributed by atoms with Gasteiger partial charge in [-0.3, -0.25) is 4.79 Å². The van der Waals surface area contributed by atoms with Crippen molar-refractivity contribution in [2.45, 2.75) is 17.4 Å². The van der Waals surface area contributed by atoms with Gasteiger partial charge < -0.3 is 19.1 Å². The molecule has 3 aromatic carbocycles. The van der Waals surface area contributed by atoms with E-state index in [9.17, 15) is 18.0 Å². The van der Waals surface area contributed by atoms with Gasteiger partial charge in [-0.1, -0.05) is 42.5 Å². The number of para-hydroxylation sites is 2. The van der Waals surface area contributed by atoms with E-state index in [1.807, 2.05) is 30.3 Å². The van der Waals surface area contributed by atoms with Crippen LogP contribution in [0.4, 0.5) is 5.69 Å². The Labute approximate surface area is 216 Å². The van der Waals surface area contributed by atoms with Crippen LogP contribution in [0.25, 0.3) is 0 Å². The first-order chi connectivity index (χ1) is 17.8. The predicted molar refractivity (Wildman–Crippen MR) is 137 cm³/mol. The Morgan fingerprint density at radius 3 is 2.32 bits per heavy atom. The van der Waals surface area contributed by atoms with Gasteiger partial charge in [0.1, 0.15) is 11.5 Å². The number of fused-ring (bicyclic) bond motifs is 1. The summed E-state index contributed by atoms with van der Waals surface area (Å²) in [6, 6.07) is 22.2. The van der Waals surface area contributed by atoms with Gasteiger partial charge in [-0.15, -0.1) is 0 Å². The summed E-state index contributed by atoms with van der Waals surface area (Å²) in [6.45, 7) is -0.447. The summed E-state index contributed by atoms with van der Waals surface area (Å²) < 4.78 is 44.1. The number of benzene rings is 3. The van der Waals surface area contributed by atoms with E-state index in [4.69, 9.17) is 14.2 Å². The highest BCUT2D eigenvalue weighted by molar-refractivity contribution is 7.89. The van der Waals surface area contributed by atoms with Crippen LogP contribution in [0, 0.1) is 0 Å². The zero-order valence-corrected chi connectivity index (χ0v) is 21.4. The summed E-state index contributed by atoms with van der Waals surface area (Å²) >= 11 is 0. The number of carbonyl (C=O) groups is 2. The fourth-order valence-electron chi connectivity index (χ4n) is 4.04. The molecular weight excluding hydrogens is 496 g/mol. The average Bonchev–Trinajstić information content (AvgIpc) is 2.94. The molecule has 0 N–H and O–H groups in total. The van der Waals surface area contributed by atoms with Crippen LogP contribution in [-0.4, -0.2) is 64.6 Å². The van der Waals surface area contributed by atoms with E-state index in [1.165, 1.54) is 31.3 Å². The van der Waals surface area contributed by atoms with Crippen molar-refractivity contribution < 1.29 is 32.2 Å². The SMILES string of the molecule is COC(=O)C1CN(C(=O)CN(CCc2ccccc2)S(=O)(=O)c2ccc(OC)cc2)c2ccccc2O1. The zero-order valence-electron chi connectivity index (χ0n) is 20.6. The van der Waals surface area contributed by atoms with Crippen molar-refractivity contribution in [1.29, 1.82) is 0 Å². The fourth-order valence-corrected chi connectivity index (χ4v) is 5.43. The maximum atomic E-state index is 13.7. The van der Waals surface area contributed by atoms with Crippen LogP contribution in [-0.2, 0) is 30.8 Å². The van der Waals surface area contributed by atoms with Gasteiger partial charge in [0.2, 0.25) is 22.0 Å². The molecule has 1 heterocycles. The topological polar surface area (TPSA) is 102 Å². The molecule has 37 heavy (non-hydrogen) atoms. The summed E-state index contributed by atoms with van der Waals surface area (Å²) in [7, 11) is -1.30. The van der Waals surface area contributed by atoms with Crippen LogP contribution in [0.5, 0.6) is 11.5 Å². The molecule has 10 heteroatoms. The van der Waals surface area contributed by atoms with Crippen LogP contribution < -0.4 is 14.4 Å². The highest BCUT2D eigenvalue weighted by Gasteiger charge is 2.36. The average molecular weight is 525 g/mol. The number of rotatable bonds is 9. The molecule has 1 aliphatic rings. The molecule has 0 saturated carbocycles. The molecule has 1 atom stereocenters. The molecule has 0 radical (unpaired) electrons. The number of amides is 1. The Hall–Kier alpha value is -3.89. The van der Waals surface area contributed by atoms with E-state index in [1.54, 1.807) is 36.4 Å². The monoisotopic (exact) mass is 524 g/mol. The van der Waals surface area contributed by atoms with Crippen molar-refractivity contribution in [2.24, 2.45) is 0 Å². The molecule has 0 aromatic heterocycles. The van der Waals surface area contributed by atoms with E-state index < -0.39 is 34.5 Å². The second-order valence-electron chi connectivity index (χ2n) is 8.35. The molecule has 9 nitrogen and oxygen atoms in total. The van der Waals surface area contributed by atoms with Crippen LogP contribution >= 0.6 is 0 Å². The summed E-state index contributed by atoms with van der Waals surface area (Å²) in [4.78, 5) is 27.3. The third-order valence-electron chi connectivity index (χ3n) is 6.04. The largest absolute Gasteiger partial charge is 0.497 e. The van der Waals surface area contributed by atoms with Crippen molar-refractivity contribution in [3.8, 4) is 11.5 Å². The lowest BCUT2D eigenvalue weighted by Crippen LogP contribution is -2.51. The summed E-state index contributed by atoms with van der Waals surface area (Å²) in [6.07, 6.45) is -0.617. The third-order valence-corrected chi connectivity index (χ3v) is 7.90. The highest BCUT2D eigenvalue weighted by Crippen LogP contribution is 2.33. The van der Waals surface area contributed by atoms with E-state index in [2.05, 4.69) is 0 Å². The Morgan fingerprint density at radius 1 is 0.973 bits per heavy atom. The molecule has 4 rings (SSSR count). The van der Waals surface area contributed by atoms with Gasteiger partial charge >= 0.3 is 5.97 Å². The maximum absolute atomic E-state index is 13.7. The molecule has 0 fully saturated rings. The Kier molecular flexibility index (Phi) is 8.10. The maximum Gasteiger partial charge on any atom is 0.348 e. The number of hydrogen-bond donors (Lipinski definition) is 0. The predicted octanol–water partition coefficient (Wildman–Crippen LogP) is 2.90. The van der Waals surface area contributed by atoms with Crippen molar-refractivity contribution >= 4 is 27.6 Å². The third kappa shape index (κ3) is 5.92. The van der Waals surface area contributed by atoms with Crippen LogP contribution in [0.3, 0.4) is 0 Å². The molecule has 0 saturated heterocycles. The standard InChI is InChI=1S/C27H28N2O7S/c1-34-21-12-14-22(15-13-21)37(32,33)28(17-16-20-8-4-3-5-9-20)19-26(30)29-18-25(27(31)35-2)36-24-11-7-6-10-23(24)29/h3-15,25H,16-19H2,1-2H3. The normalized spacial score (nSPS) is 15.0. The van der Waals surface area contributed by atoms with Crippen LogP contribution in [0.15, 0.2) is 83.8 Å². The minimum Gasteiger partial charge on any atom is -0.497 e. The minimum atomic E-state index is -4.03. The summed E-state index contributed by atoms with van der Waals surface area (Å²) in [5.41, 5.74) is 1.39. The molecule has 1 aliphatic heterocycles. The first-order valence-electron chi connectivity index (χ1n) is 11.7. The number of carbonyl (C=O) groups excluding carboxylic acids is 2. The highest BCUT2D eigenvalue weighted by atomic mass is 32.2. The summed E-state index contributed by atoms with van der Waals surface area (Å²) in [5, 5.41) is 0. The summed E-state index contributed by atoms with van der Waals surface area (Å²) in [5.74, 6) is -0.259. The second-order valence-corrected chi connectivity index (χ2v) is 10.3. The molecule has 0 bridgehead atoms. The first kappa shape index (κ1) is 26.2. The van der Waals surface area contributed by atoms with E-state index >= 15 is 0 Å². The van der Waals surface area contributed by atoms with Crippen molar-refractivity contribution in [3.63, 3.8) is 0 Å². The number of anilines is 1. The minimum absolute atomic E-state index is 0.0453. The lowest BCUT2D eigenvalue weighted by Gasteiger charge is -2.34. The van der Waals surface area contributed by atoms with E-state index in [-0.39, 0.29) is 18.0 Å². The molecule has 0 spiro atoms. The molecule has 194 valence electrons. The van der Waals surface area contributed by atoms with E-state index in [0.717, 1.165) is 9.87 Å². The number of methoxy groups -OCH3 is 2. The number of nitrogens with zero attached hydrogens (tertiary/aromatic N) is 2. The molecular formula is C27H28N2O7S. The van der Waals surface area contributed by atoms with E-state index in [0.29, 0.717) is 23.6 Å². The van der Waals surface area contributed by atoms with Gasteiger partial charge in [0.05, 0.1) is 37.9 Å². The smallest absolute Gasteiger partial charge is 0.348 e. The van der Waals surface area contributed by atoms with Gasteiger partial charge in [-0.25, -0.2) is 13.2 Å². The quantitative estimate of drug-likeness (QED) is 0.397. The Balaban J connectivity index is 1.63. The van der Waals surface area contributed by atoms with Crippen molar-refractivity contribution in [3.05, 3.63) is 84.4 Å². The lowest BCUT2D eigenvalue weighted by molar-refractivity contribution is -0.148. The van der Waals surface area contributed by atoms with Crippen LogP contribution in [0.2, 0.25) is 0 Å². The van der Waals surface area contributed by atoms with Crippen molar-refractivity contribution in [2.75, 3.05) is 38.8 Å². The number of sulfonamides is 1. The second kappa shape index (κ2) is 11.4. The molecule has 3 aromatic rings. The number of esters is 1. The fraction of sp³-hybridized carbons (Fsp3) is 0.259. The van der Waals surface area contributed by atoms with Gasteiger partial charge in [0.25, 0.3) is 0 Å². The van der Waals surface area contributed by atoms with Crippen molar-refractivity contribution in [1.82, 2.24) is 4.31 Å². The molecule has 1 amide bonds. The Bertz CT molecular complexity index is 1340. The van der Waals surface area contributed by atoms with Gasteiger partial charge in [-0.05, 0) is 48.4 Å². The number of ether oxygens (including phenoxy) is 3. The molecule has 0 aliphatic carbocycles. The lowest BCUT2D eigenvalue weighted by atomic mass is 10.1. The molecule has 1 unspecified atom stereocenters. The van der Waals surface area contributed by atoms with Gasteiger partial charge in [0, 0.05) is 6.54 Å². The van der Waals surface area contributed by atoms with Crippen LogP contribution in [0.1, 0.15) is 5.56 Å². The van der Waals surface area contributed by atoms with Gasteiger partial charge in [0.15, 0.2) is 0 Å². The first-order valence-corrected chi connectivity index (χ1v) is 13.1.